The van der Waals surface area contributed by atoms with Gasteiger partial charge >= 0.3 is 0 Å². The highest BCUT2D eigenvalue weighted by molar-refractivity contribution is 7.80. The maximum absolute atomic E-state index is 12.6. The lowest BCUT2D eigenvalue weighted by Crippen LogP contribution is -2.48. The van der Waals surface area contributed by atoms with E-state index in [0.717, 1.165) is 25.7 Å². The maximum Gasteiger partial charge on any atom is 0.233 e. The van der Waals surface area contributed by atoms with Crippen LogP contribution in [-0.4, -0.2) is 10.9 Å². The summed E-state index contributed by atoms with van der Waals surface area (Å²) >= 11 is 6.88. The molecule has 110 valence electrons. The maximum atomic E-state index is 12.6. The molecule has 0 bridgehead atoms. The molecule has 0 radical (unpaired) electrons. The van der Waals surface area contributed by atoms with Crippen molar-refractivity contribution in [2.45, 2.75) is 52.0 Å². The number of nitrogens with two attached hydrogens (primary N) is 1. The van der Waals surface area contributed by atoms with Gasteiger partial charge in [0.15, 0.2) is 0 Å². The summed E-state index contributed by atoms with van der Waals surface area (Å²) in [5.74, 6) is 0.0116. The summed E-state index contributed by atoms with van der Waals surface area (Å²) < 4.78 is 0. The molecule has 1 heterocycles. The number of rotatable bonds is 4. The van der Waals surface area contributed by atoms with Crippen LogP contribution in [0, 0.1) is 12.3 Å². The second kappa shape index (κ2) is 6.68. The van der Waals surface area contributed by atoms with Gasteiger partial charge in [-0.05, 0) is 41.7 Å². The minimum absolute atomic E-state index is 0.0116. The van der Waals surface area contributed by atoms with Crippen LogP contribution in [0.5, 0.6) is 0 Å². The van der Waals surface area contributed by atoms with E-state index in [2.05, 4.69) is 23.0 Å². The number of carbonyl (C=O) groups is 1. The van der Waals surface area contributed by atoms with E-state index in [1.54, 1.807) is 11.3 Å². The normalized spacial score (nSPS) is 18.2. The fourth-order valence-corrected chi connectivity index (χ4v) is 3.98. The molecule has 1 amide bonds. The lowest BCUT2D eigenvalue weighted by Gasteiger charge is -2.30. The summed E-state index contributed by atoms with van der Waals surface area (Å²) in [5, 5.41) is 7.22. The quantitative estimate of drug-likeness (QED) is 0.663. The molecule has 0 aliphatic heterocycles. The van der Waals surface area contributed by atoms with Crippen molar-refractivity contribution in [1.82, 2.24) is 5.32 Å². The summed E-state index contributed by atoms with van der Waals surface area (Å²) in [6, 6.07) is 0. The monoisotopic (exact) mass is 310 g/mol. The molecule has 20 heavy (non-hydrogen) atoms. The van der Waals surface area contributed by atoms with E-state index in [-0.39, 0.29) is 5.91 Å². The highest BCUT2D eigenvalue weighted by Crippen LogP contribution is 2.36. The van der Waals surface area contributed by atoms with Crippen molar-refractivity contribution in [2.75, 3.05) is 0 Å². The highest BCUT2D eigenvalue weighted by atomic mass is 32.1. The molecular formula is C15H22N2OS2. The van der Waals surface area contributed by atoms with Crippen LogP contribution in [0.15, 0.2) is 10.8 Å². The topological polar surface area (TPSA) is 55.1 Å². The number of thiophene rings is 1. The molecule has 1 aliphatic rings. The van der Waals surface area contributed by atoms with Gasteiger partial charge in [-0.2, -0.15) is 11.3 Å². The van der Waals surface area contributed by atoms with Crippen molar-refractivity contribution in [3.05, 3.63) is 21.9 Å². The standard InChI is InChI=1S/C15H22N2OS2/c1-11-9-20-10-12(11)8-17-14(18)15(13(16)19)6-4-2-3-5-7-15/h9-10H,2-8H2,1H3,(H2,16,19)(H,17,18). The van der Waals surface area contributed by atoms with Gasteiger partial charge in [-0.25, -0.2) is 0 Å². The van der Waals surface area contributed by atoms with Gasteiger partial charge in [-0.1, -0.05) is 37.9 Å². The highest BCUT2D eigenvalue weighted by Gasteiger charge is 2.41. The summed E-state index contributed by atoms with van der Waals surface area (Å²) in [4.78, 5) is 13.0. The molecule has 1 fully saturated rings. The number of thiocarbonyl (C=S) groups is 1. The van der Waals surface area contributed by atoms with Crippen LogP contribution < -0.4 is 11.1 Å². The lowest BCUT2D eigenvalue weighted by atomic mass is 9.79. The van der Waals surface area contributed by atoms with Crippen molar-refractivity contribution in [1.29, 1.82) is 0 Å². The Morgan fingerprint density at radius 1 is 1.35 bits per heavy atom. The number of nitrogens with one attached hydrogen (secondary N) is 1. The lowest BCUT2D eigenvalue weighted by molar-refractivity contribution is -0.128. The SMILES string of the molecule is Cc1cscc1CNC(=O)C1(C(N)=S)CCCCCC1. The summed E-state index contributed by atoms with van der Waals surface area (Å²) in [7, 11) is 0. The fraction of sp³-hybridized carbons (Fsp3) is 0.600. The molecule has 3 N–H and O–H groups in total. The zero-order valence-electron chi connectivity index (χ0n) is 11.9. The van der Waals surface area contributed by atoms with Gasteiger partial charge in [-0.3, -0.25) is 4.79 Å². The molecule has 0 spiro atoms. The van der Waals surface area contributed by atoms with Gasteiger partial charge in [0, 0.05) is 6.54 Å². The Labute approximate surface area is 129 Å². The number of aryl methyl sites for hydroxylation is 1. The van der Waals surface area contributed by atoms with Gasteiger partial charge in [0.2, 0.25) is 5.91 Å². The number of hydrogen-bond donors (Lipinski definition) is 2. The third kappa shape index (κ3) is 3.20. The molecule has 0 unspecified atom stereocenters. The van der Waals surface area contributed by atoms with Crippen molar-refractivity contribution in [2.24, 2.45) is 11.1 Å². The Hall–Kier alpha value is -0.940. The number of amides is 1. The summed E-state index contributed by atoms with van der Waals surface area (Å²) in [6.07, 6.45) is 5.97. The van der Waals surface area contributed by atoms with E-state index < -0.39 is 5.41 Å². The molecule has 1 saturated carbocycles. The molecule has 0 aromatic carbocycles. The molecule has 1 aromatic heterocycles. The Bertz CT molecular complexity index is 488. The van der Waals surface area contributed by atoms with Gasteiger partial charge in [0.05, 0.1) is 10.4 Å². The predicted molar refractivity (Wildman–Crippen MR) is 87.8 cm³/mol. The Kier molecular flexibility index (Phi) is 5.16. The first-order chi connectivity index (χ1) is 9.56. The molecule has 2 rings (SSSR count). The van der Waals surface area contributed by atoms with Crippen LogP contribution in [0.3, 0.4) is 0 Å². The van der Waals surface area contributed by atoms with Crippen LogP contribution in [-0.2, 0) is 11.3 Å². The van der Waals surface area contributed by atoms with Crippen molar-refractivity contribution in [3.63, 3.8) is 0 Å². The largest absolute Gasteiger partial charge is 0.392 e. The van der Waals surface area contributed by atoms with Crippen LogP contribution in [0.2, 0.25) is 0 Å². The second-order valence-corrected chi connectivity index (χ2v) is 6.81. The summed E-state index contributed by atoms with van der Waals surface area (Å²) in [6.45, 7) is 2.63. The van der Waals surface area contributed by atoms with Gasteiger partial charge in [0.1, 0.15) is 0 Å². The van der Waals surface area contributed by atoms with E-state index >= 15 is 0 Å². The first-order valence-electron chi connectivity index (χ1n) is 7.16. The average molecular weight is 310 g/mol. The minimum atomic E-state index is -0.629. The van der Waals surface area contributed by atoms with Crippen LogP contribution in [0.1, 0.15) is 49.7 Å². The molecule has 0 saturated heterocycles. The third-order valence-corrected chi connectivity index (χ3v) is 5.57. The first-order valence-corrected chi connectivity index (χ1v) is 8.51. The van der Waals surface area contributed by atoms with E-state index in [4.69, 9.17) is 18.0 Å². The summed E-state index contributed by atoms with van der Waals surface area (Å²) in [5.41, 5.74) is 7.69. The van der Waals surface area contributed by atoms with Crippen molar-refractivity contribution >= 4 is 34.5 Å². The molecule has 0 atom stereocenters. The van der Waals surface area contributed by atoms with E-state index in [9.17, 15) is 4.79 Å². The third-order valence-electron chi connectivity index (χ3n) is 4.26. The smallest absolute Gasteiger partial charge is 0.233 e. The Morgan fingerprint density at radius 2 is 2.00 bits per heavy atom. The number of carbonyl (C=O) groups excluding carboxylic acids is 1. The van der Waals surface area contributed by atoms with E-state index in [1.165, 1.54) is 24.0 Å². The number of hydrogen-bond acceptors (Lipinski definition) is 3. The van der Waals surface area contributed by atoms with Crippen LogP contribution in [0.25, 0.3) is 0 Å². The van der Waals surface area contributed by atoms with Crippen molar-refractivity contribution in [3.8, 4) is 0 Å². The molecule has 1 aliphatic carbocycles. The predicted octanol–water partition coefficient (Wildman–Crippen LogP) is 3.30. The Balaban J connectivity index is 2.07. The molecule has 1 aromatic rings. The second-order valence-electron chi connectivity index (χ2n) is 5.62. The fourth-order valence-electron chi connectivity index (χ4n) is 2.83. The van der Waals surface area contributed by atoms with Gasteiger partial charge in [0.25, 0.3) is 0 Å². The minimum Gasteiger partial charge on any atom is -0.392 e. The van der Waals surface area contributed by atoms with E-state index in [0.29, 0.717) is 11.5 Å². The molecular weight excluding hydrogens is 288 g/mol. The van der Waals surface area contributed by atoms with Crippen molar-refractivity contribution < 1.29 is 4.79 Å². The van der Waals surface area contributed by atoms with Gasteiger partial charge in [-0.15, -0.1) is 0 Å². The molecule has 3 nitrogen and oxygen atoms in total. The first kappa shape index (κ1) is 15.4. The van der Waals surface area contributed by atoms with Crippen LogP contribution in [0.4, 0.5) is 0 Å². The van der Waals surface area contributed by atoms with E-state index in [1.807, 2.05) is 0 Å². The van der Waals surface area contributed by atoms with Crippen LogP contribution >= 0.6 is 23.6 Å². The van der Waals surface area contributed by atoms with Gasteiger partial charge < -0.3 is 11.1 Å². The zero-order chi connectivity index (χ0) is 14.6. The molecule has 5 heteroatoms. The zero-order valence-corrected chi connectivity index (χ0v) is 13.5. The Morgan fingerprint density at radius 3 is 2.50 bits per heavy atom. The average Bonchev–Trinajstić information content (AvgIpc) is 2.67.